The molecular weight excluding hydrogens is 326 g/mol. The number of nitrogens with one attached hydrogen (secondary N) is 1. The lowest BCUT2D eigenvalue weighted by molar-refractivity contribution is -0.145. The Labute approximate surface area is 147 Å². The summed E-state index contributed by atoms with van der Waals surface area (Å²) in [6, 6.07) is 6.98. The van der Waals surface area contributed by atoms with E-state index in [-0.39, 0.29) is 25.0 Å². The van der Waals surface area contributed by atoms with Crippen molar-refractivity contribution in [2.75, 3.05) is 33.0 Å². The summed E-state index contributed by atoms with van der Waals surface area (Å²) in [5.74, 6) is -0.512. The molecule has 1 fully saturated rings. The number of amides is 1. The first-order valence-corrected chi connectivity index (χ1v) is 8.53. The van der Waals surface area contributed by atoms with Gasteiger partial charge in [0.2, 0.25) is 0 Å². The average Bonchev–Trinajstić information content (AvgIpc) is 2.62. The van der Waals surface area contributed by atoms with Gasteiger partial charge in [-0.1, -0.05) is 0 Å². The molecule has 0 aliphatic carbocycles. The molecular formula is C18H25NO6. The topological polar surface area (TPSA) is 94.1 Å². The van der Waals surface area contributed by atoms with Crippen LogP contribution < -0.4 is 14.8 Å². The molecule has 2 N–H and O–H groups in total. The second kappa shape index (κ2) is 9.88. The number of ether oxygens (including phenoxy) is 3. The van der Waals surface area contributed by atoms with Gasteiger partial charge in [0.05, 0.1) is 12.5 Å². The van der Waals surface area contributed by atoms with E-state index >= 15 is 0 Å². The van der Waals surface area contributed by atoms with Crippen molar-refractivity contribution in [3.8, 4) is 11.5 Å². The predicted octanol–water partition coefficient (Wildman–Crippen LogP) is 1.71. The highest BCUT2D eigenvalue weighted by molar-refractivity contribution is 5.78. The lowest BCUT2D eigenvalue weighted by atomic mass is 9.86. The van der Waals surface area contributed by atoms with Crippen molar-refractivity contribution in [2.24, 2.45) is 11.8 Å². The molecule has 1 aliphatic rings. The lowest BCUT2D eigenvalue weighted by Crippen LogP contribution is -2.40. The zero-order valence-corrected chi connectivity index (χ0v) is 14.4. The number of carbonyl (C=O) groups is 2. The molecule has 1 atom stereocenters. The number of hydrogen-bond acceptors (Lipinski definition) is 5. The molecule has 1 aromatic carbocycles. The van der Waals surface area contributed by atoms with Crippen LogP contribution in [0.1, 0.15) is 19.8 Å². The van der Waals surface area contributed by atoms with Crippen LogP contribution in [0.4, 0.5) is 0 Å². The van der Waals surface area contributed by atoms with Crippen LogP contribution in [0.2, 0.25) is 0 Å². The maximum Gasteiger partial charge on any atom is 0.308 e. The summed E-state index contributed by atoms with van der Waals surface area (Å²) < 4.78 is 16.0. The summed E-state index contributed by atoms with van der Waals surface area (Å²) >= 11 is 0. The fourth-order valence-corrected chi connectivity index (χ4v) is 2.80. The Hall–Kier alpha value is -2.28. The van der Waals surface area contributed by atoms with E-state index < -0.39 is 11.9 Å². The Bertz CT molecular complexity index is 553. The minimum Gasteiger partial charge on any atom is -0.494 e. The fraction of sp³-hybridized carbons (Fsp3) is 0.556. The number of carbonyl (C=O) groups excluding carboxylic acids is 1. The van der Waals surface area contributed by atoms with Crippen LogP contribution in [-0.4, -0.2) is 50.0 Å². The quantitative estimate of drug-likeness (QED) is 0.703. The largest absolute Gasteiger partial charge is 0.494 e. The predicted molar refractivity (Wildman–Crippen MR) is 90.8 cm³/mol. The summed E-state index contributed by atoms with van der Waals surface area (Å²) in [5, 5.41) is 12.0. The van der Waals surface area contributed by atoms with E-state index in [9.17, 15) is 14.7 Å². The van der Waals surface area contributed by atoms with E-state index in [0.717, 1.165) is 5.75 Å². The first kappa shape index (κ1) is 19.1. The van der Waals surface area contributed by atoms with Gasteiger partial charge in [-0.15, -0.1) is 0 Å². The van der Waals surface area contributed by atoms with Gasteiger partial charge in [-0.2, -0.15) is 0 Å². The van der Waals surface area contributed by atoms with Gasteiger partial charge in [0.15, 0.2) is 6.61 Å². The van der Waals surface area contributed by atoms with Crippen molar-refractivity contribution in [2.45, 2.75) is 19.8 Å². The molecule has 1 aromatic rings. The van der Waals surface area contributed by atoms with E-state index in [1.165, 1.54) is 0 Å². The molecule has 7 nitrogen and oxygen atoms in total. The number of hydrogen-bond donors (Lipinski definition) is 2. The smallest absolute Gasteiger partial charge is 0.308 e. The van der Waals surface area contributed by atoms with E-state index in [0.29, 0.717) is 38.4 Å². The summed E-state index contributed by atoms with van der Waals surface area (Å²) in [5.41, 5.74) is 0. The zero-order valence-electron chi connectivity index (χ0n) is 14.4. The Kier molecular flexibility index (Phi) is 7.53. The SMILES string of the molecule is CCOc1ccc(OCC(=O)NCC(C(=O)O)C2CCOCC2)cc1. The monoisotopic (exact) mass is 351 g/mol. The van der Waals surface area contributed by atoms with Gasteiger partial charge in [0.25, 0.3) is 5.91 Å². The van der Waals surface area contributed by atoms with Crippen molar-refractivity contribution in [3.05, 3.63) is 24.3 Å². The highest BCUT2D eigenvalue weighted by Gasteiger charge is 2.29. The van der Waals surface area contributed by atoms with E-state index in [1.807, 2.05) is 6.92 Å². The Balaban J connectivity index is 1.75. The van der Waals surface area contributed by atoms with Gasteiger partial charge in [-0.3, -0.25) is 9.59 Å². The van der Waals surface area contributed by atoms with Crippen molar-refractivity contribution in [1.29, 1.82) is 0 Å². The number of rotatable bonds is 9. The molecule has 1 amide bonds. The molecule has 1 aliphatic heterocycles. The number of carboxylic acids is 1. The molecule has 138 valence electrons. The van der Waals surface area contributed by atoms with Gasteiger partial charge >= 0.3 is 5.97 Å². The summed E-state index contributed by atoms with van der Waals surface area (Å²) in [6.07, 6.45) is 1.41. The number of carboxylic acid groups (broad SMARTS) is 1. The van der Waals surface area contributed by atoms with Gasteiger partial charge in [-0.25, -0.2) is 0 Å². The van der Waals surface area contributed by atoms with E-state index in [1.54, 1.807) is 24.3 Å². The molecule has 0 aromatic heterocycles. The van der Waals surface area contributed by atoms with Gasteiger partial charge in [0.1, 0.15) is 11.5 Å². The highest BCUT2D eigenvalue weighted by atomic mass is 16.5. The van der Waals surface area contributed by atoms with Crippen molar-refractivity contribution >= 4 is 11.9 Å². The molecule has 7 heteroatoms. The second-order valence-electron chi connectivity index (χ2n) is 5.89. The van der Waals surface area contributed by atoms with Crippen LogP contribution in [0.3, 0.4) is 0 Å². The molecule has 0 bridgehead atoms. The standard InChI is InChI=1S/C18H25NO6/c1-2-24-14-3-5-15(6-4-14)25-12-17(20)19-11-16(18(21)22)13-7-9-23-10-8-13/h3-6,13,16H,2,7-12H2,1H3,(H,19,20)(H,21,22). The van der Waals surface area contributed by atoms with Crippen molar-refractivity contribution in [1.82, 2.24) is 5.32 Å². The minimum absolute atomic E-state index is 0.0265. The van der Waals surface area contributed by atoms with Crippen LogP contribution >= 0.6 is 0 Å². The first-order valence-electron chi connectivity index (χ1n) is 8.53. The van der Waals surface area contributed by atoms with Crippen molar-refractivity contribution < 1.29 is 28.9 Å². The lowest BCUT2D eigenvalue weighted by Gasteiger charge is -2.27. The third-order valence-electron chi connectivity index (χ3n) is 4.18. The van der Waals surface area contributed by atoms with E-state index in [2.05, 4.69) is 5.32 Å². The Morgan fingerprint density at radius 2 is 1.80 bits per heavy atom. The molecule has 0 spiro atoms. The molecule has 0 saturated carbocycles. The summed E-state index contributed by atoms with van der Waals surface area (Å²) in [6.45, 7) is 3.58. The Morgan fingerprint density at radius 3 is 2.36 bits per heavy atom. The molecule has 2 rings (SSSR count). The normalized spacial score (nSPS) is 16.0. The molecule has 25 heavy (non-hydrogen) atoms. The highest BCUT2D eigenvalue weighted by Crippen LogP contribution is 2.23. The van der Waals surface area contributed by atoms with Crippen LogP contribution in [0, 0.1) is 11.8 Å². The third-order valence-corrected chi connectivity index (χ3v) is 4.18. The fourth-order valence-electron chi connectivity index (χ4n) is 2.80. The second-order valence-corrected chi connectivity index (χ2v) is 5.89. The number of benzene rings is 1. The van der Waals surface area contributed by atoms with Crippen molar-refractivity contribution in [3.63, 3.8) is 0 Å². The van der Waals surface area contributed by atoms with Crippen LogP contribution in [0.15, 0.2) is 24.3 Å². The molecule has 1 heterocycles. The van der Waals surface area contributed by atoms with Gasteiger partial charge in [-0.05, 0) is 49.9 Å². The van der Waals surface area contributed by atoms with Crippen LogP contribution in [0.25, 0.3) is 0 Å². The molecule has 0 radical (unpaired) electrons. The number of aliphatic carboxylic acids is 1. The van der Waals surface area contributed by atoms with Crippen LogP contribution in [-0.2, 0) is 14.3 Å². The summed E-state index contributed by atoms with van der Waals surface area (Å²) in [4.78, 5) is 23.4. The molecule has 1 unspecified atom stereocenters. The van der Waals surface area contributed by atoms with E-state index in [4.69, 9.17) is 14.2 Å². The first-order chi connectivity index (χ1) is 12.1. The minimum atomic E-state index is -0.889. The van der Waals surface area contributed by atoms with Gasteiger partial charge in [0, 0.05) is 19.8 Å². The van der Waals surface area contributed by atoms with Crippen LogP contribution in [0.5, 0.6) is 11.5 Å². The average molecular weight is 351 g/mol. The van der Waals surface area contributed by atoms with Gasteiger partial charge < -0.3 is 24.6 Å². The zero-order chi connectivity index (χ0) is 18.1. The molecule has 1 saturated heterocycles. The summed E-state index contributed by atoms with van der Waals surface area (Å²) in [7, 11) is 0. The Morgan fingerprint density at radius 1 is 1.20 bits per heavy atom. The third kappa shape index (κ3) is 6.26. The maximum atomic E-state index is 11.9. The maximum absolute atomic E-state index is 11.9.